The third-order valence-corrected chi connectivity index (χ3v) is 5.09. The van der Waals surface area contributed by atoms with Crippen molar-refractivity contribution in [1.29, 1.82) is 0 Å². The van der Waals surface area contributed by atoms with E-state index >= 15 is 0 Å². The van der Waals surface area contributed by atoms with Gasteiger partial charge < -0.3 is 20.0 Å². The summed E-state index contributed by atoms with van der Waals surface area (Å²) in [5.41, 5.74) is 1.26. The summed E-state index contributed by atoms with van der Waals surface area (Å²) in [5.74, 6) is -0.0273. The maximum Gasteiger partial charge on any atom is 0.278 e. The van der Waals surface area contributed by atoms with Gasteiger partial charge in [-0.05, 0) is 26.0 Å². The molecule has 1 heterocycles. The number of nitrogens with zero attached hydrogens (tertiary/aromatic N) is 1. The molecule has 26 heavy (non-hydrogen) atoms. The number of nitrogens with one attached hydrogen (secondary N) is 3. The van der Waals surface area contributed by atoms with Gasteiger partial charge in [0.15, 0.2) is 6.54 Å². The quantitative estimate of drug-likeness (QED) is 0.518. The fraction of sp³-hybridized carbons (Fsp3) is 0.579. The van der Waals surface area contributed by atoms with Gasteiger partial charge in [0.25, 0.3) is 5.91 Å². The molecule has 1 aliphatic heterocycles. The minimum atomic E-state index is -0.0894. The first kappa shape index (κ1) is 20.7. The van der Waals surface area contributed by atoms with E-state index < -0.39 is 0 Å². The van der Waals surface area contributed by atoms with E-state index in [0.717, 1.165) is 37.7 Å². The van der Waals surface area contributed by atoms with Gasteiger partial charge in [0.1, 0.15) is 32.7 Å². The predicted molar refractivity (Wildman–Crippen MR) is 102 cm³/mol. The van der Waals surface area contributed by atoms with Crippen molar-refractivity contribution in [3.8, 4) is 0 Å². The summed E-state index contributed by atoms with van der Waals surface area (Å²) < 4.78 is 0. The molecule has 1 aromatic rings. The molecule has 144 valence electrons. The lowest BCUT2D eigenvalue weighted by Gasteiger charge is -2.30. The molecule has 0 atom stereocenters. The van der Waals surface area contributed by atoms with Crippen LogP contribution >= 0.6 is 11.6 Å². The van der Waals surface area contributed by atoms with E-state index in [4.69, 9.17) is 11.6 Å². The van der Waals surface area contributed by atoms with Crippen molar-refractivity contribution in [2.75, 3.05) is 52.4 Å². The maximum atomic E-state index is 12.5. The van der Waals surface area contributed by atoms with Gasteiger partial charge in [0.2, 0.25) is 5.91 Å². The van der Waals surface area contributed by atoms with Crippen LogP contribution in [0.4, 0.5) is 0 Å². The summed E-state index contributed by atoms with van der Waals surface area (Å²) in [4.78, 5) is 28.7. The molecule has 2 rings (SSSR count). The predicted octanol–water partition coefficient (Wildman–Crippen LogP) is -1.39. The number of piperazine rings is 1. The van der Waals surface area contributed by atoms with Crippen molar-refractivity contribution in [2.24, 2.45) is 0 Å². The average molecular weight is 383 g/mol. The number of hydrogen-bond acceptors (Lipinski definition) is 2. The summed E-state index contributed by atoms with van der Waals surface area (Å²) in [6.45, 7) is 10.6. The zero-order valence-electron chi connectivity index (χ0n) is 15.8. The second kappa shape index (κ2) is 10.5. The van der Waals surface area contributed by atoms with Gasteiger partial charge in [0, 0.05) is 23.7 Å². The Balaban J connectivity index is 1.76. The van der Waals surface area contributed by atoms with Gasteiger partial charge in [-0.25, -0.2) is 0 Å². The van der Waals surface area contributed by atoms with Gasteiger partial charge in [-0.3, -0.25) is 9.59 Å². The second-order valence-electron chi connectivity index (χ2n) is 6.84. The first-order chi connectivity index (χ1) is 12.5. The van der Waals surface area contributed by atoms with Crippen LogP contribution in [-0.4, -0.2) is 69.1 Å². The summed E-state index contributed by atoms with van der Waals surface area (Å²) >= 11 is 6.06. The molecule has 0 aromatic heterocycles. The van der Waals surface area contributed by atoms with E-state index in [9.17, 15) is 9.59 Å². The van der Waals surface area contributed by atoms with Crippen LogP contribution in [0.1, 0.15) is 19.4 Å². The highest BCUT2D eigenvalue weighted by Gasteiger charge is 2.27. The van der Waals surface area contributed by atoms with Crippen molar-refractivity contribution >= 4 is 23.4 Å². The number of rotatable bonds is 8. The van der Waals surface area contributed by atoms with Crippen molar-refractivity contribution < 1.29 is 19.4 Å². The second-order valence-corrected chi connectivity index (χ2v) is 7.28. The van der Waals surface area contributed by atoms with Crippen LogP contribution in [0.5, 0.6) is 0 Å². The van der Waals surface area contributed by atoms with E-state index in [1.54, 1.807) is 4.90 Å². The van der Waals surface area contributed by atoms with Crippen molar-refractivity contribution in [2.45, 2.75) is 20.4 Å². The zero-order chi connectivity index (χ0) is 18.9. The van der Waals surface area contributed by atoms with Gasteiger partial charge in [0.05, 0.1) is 6.54 Å². The Kier molecular flexibility index (Phi) is 8.35. The molecule has 6 nitrogen and oxygen atoms in total. The monoisotopic (exact) mass is 382 g/mol. The minimum absolute atomic E-state index is 0.0621. The van der Waals surface area contributed by atoms with Gasteiger partial charge in [-0.1, -0.05) is 23.7 Å². The molecule has 1 aliphatic rings. The highest BCUT2D eigenvalue weighted by molar-refractivity contribution is 6.30. The lowest BCUT2D eigenvalue weighted by Crippen LogP contribution is -3.28. The average Bonchev–Trinajstić information content (AvgIpc) is 2.61. The number of halogens is 1. The number of amides is 2. The molecule has 7 heteroatoms. The summed E-state index contributed by atoms with van der Waals surface area (Å²) in [5, 5.41) is 3.53. The van der Waals surface area contributed by atoms with Gasteiger partial charge in [-0.2, -0.15) is 0 Å². The molecular formula is C19H31ClN4O2+2. The van der Waals surface area contributed by atoms with Gasteiger partial charge >= 0.3 is 0 Å². The standard InChI is InChI=1S/C19H29ClN4O2/c1-3-21-18(25)14-24(4-2)19(26)15-23-10-8-22(9-11-23)13-16-6-5-7-17(20)12-16/h5-7,12H,3-4,8-11,13-15H2,1-2H3,(H,21,25)/p+2. The number of carbonyl (C=O) groups excluding carboxylic acids is 2. The SMILES string of the molecule is CCNC(=O)CN(CC)C(=O)C[NH+]1CC[NH+](Cc2cccc(Cl)c2)CC1. The molecule has 1 aromatic carbocycles. The van der Waals surface area contributed by atoms with E-state index in [0.29, 0.717) is 19.6 Å². The molecule has 0 saturated carbocycles. The van der Waals surface area contributed by atoms with Crippen LogP contribution in [0.15, 0.2) is 24.3 Å². The molecule has 0 aliphatic carbocycles. The molecule has 0 unspecified atom stereocenters. The highest BCUT2D eigenvalue weighted by atomic mass is 35.5. The largest absolute Gasteiger partial charge is 0.355 e. The molecule has 2 amide bonds. The van der Waals surface area contributed by atoms with E-state index in [1.165, 1.54) is 15.4 Å². The van der Waals surface area contributed by atoms with Crippen LogP contribution in [-0.2, 0) is 16.1 Å². The summed E-state index contributed by atoms with van der Waals surface area (Å²) in [6.07, 6.45) is 0. The Morgan fingerprint density at radius 3 is 2.46 bits per heavy atom. The Bertz CT molecular complexity index is 603. The molecule has 0 spiro atoms. The fourth-order valence-corrected chi connectivity index (χ4v) is 3.59. The fourth-order valence-electron chi connectivity index (χ4n) is 3.37. The van der Waals surface area contributed by atoms with Crippen LogP contribution in [0.25, 0.3) is 0 Å². The van der Waals surface area contributed by atoms with Crippen molar-refractivity contribution in [3.05, 3.63) is 34.9 Å². The first-order valence-corrected chi connectivity index (χ1v) is 9.85. The number of carbonyl (C=O) groups is 2. The molecular weight excluding hydrogens is 352 g/mol. The molecule has 0 radical (unpaired) electrons. The van der Waals surface area contributed by atoms with E-state index in [-0.39, 0.29) is 18.4 Å². The first-order valence-electron chi connectivity index (χ1n) is 9.47. The smallest absolute Gasteiger partial charge is 0.278 e. The zero-order valence-corrected chi connectivity index (χ0v) is 16.6. The maximum absolute atomic E-state index is 12.5. The molecule has 3 N–H and O–H groups in total. The molecule has 1 fully saturated rings. The number of benzene rings is 1. The third kappa shape index (κ3) is 6.59. The highest BCUT2D eigenvalue weighted by Crippen LogP contribution is 2.09. The van der Waals surface area contributed by atoms with Crippen LogP contribution in [0.2, 0.25) is 5.02 Å². The number of quaternary nitrogens is 2. The molecule has 1 saturated heterocycles. The Morgan fingerprint density at radius 2 is 1.85 bits per heavy atom. The lowest BCUT2D eigenvalue weighted by atomic mass is 10.2. The summed E-state index contributed by atoms with van der Waals surface area (Å²) in [7, 11) is 0. The Morgan fingerprint density at radius 1 is 1.15 bits per heavy atom. The number of hydrogen-bond donors (Lipinski definition) is 3. The van der Waals surface area contributed by atoms with Crippen molar-refractivity contribution in [1.82, 2.24) is 10.2 Å². The van der Waals surface area contributed by atoms with Crippen LogP contribution < -0.4 is 15.1 Å². The topological polar surface area (TPSA) is 58.3 Å². The van der Waals surface area contributed by atoms with E-state index in [2.05, 4.69) is 11.4 Å². The third-order valence-electron chi connectivity index (χ3n) is 4.85. The minimum Gasteiger partial charge on any atom is -0.355 e. The van der Waals surface area contributed by atoms with Crippen molar-refractivity contribution in [3.63, 3.8) is 0 Å². The Labute approximate surface area is 161 Å². The normalized spacial score (nSPS) is 19.8. The Hall–Kier alpha value is -1.63. The lowest BCUT2D eigenvalue weighted by molar-refractivity contribution is -1.02. The van der Waals surface area contributed by atoms with E-state index in [1.807, 2.05) is 32.0 Å². The summed E-state index contributed by atoms with van der Waals surface area (Å²) in [6, 6.07) is 8.03. The number of likely N-dealkylation sites (N-methyl/N-ethyl adjacent to an activating group) is 2. The van der Waals surface area contributed by atoms with Gasteiger partial charge in [-0.15, -0.1) is 0 Å². The van der Waals surface area contributed by atoms with Crippen LogP contribution in [0.3, 0.4) is 0 Å². The van der Waals surface area contributed by atoms with Crippen LogP contribution in [0, 0.1) is 0 Å². The molecule has 0 bridgehead atoms.